The number of hydrogen-bond acceptors (Lipinski definition) is 1. The predicted molar refractivity (Wildman–Crippen MR) is 50.0 cm³/mol. The first kappa shape index (κ1) is 8.78. The Hall–Kier alpha value is -0.310. The van der Waals surface area contributed by atoms with Gasteiger partial charge in [0, 0.05) is 18.4 Å². The molecule has 0 fully saturated rings. The van der Waals surface area contributed by atoms with Crippen LogP contribution in [0.3, 0.4) is 0 Å². The van der Waals surface area contributed by atoms with Crippen LogP contribution in [-0.4, -0.2) is 9.55 Å². The number of alkyl halides is 1. The lowest BCUT2D eigenvalue weighted by atomic mass is 10.3. The van der Waals surface area contributed by atoms with Gasteiger partial charge in [-0.2, -0.15) is 0 Å². The lowest BCUT2D eigenvalue weighted by Crippen LogP contribution is -2.05. The minimum Gasteiger partial charge on any atom is -0.332 e. The minimum atomic E-state index is 0.333. The monoisotopic (exact) mass is 216 g/mol. The van der Waals surface area contributed by atoms with Crippen molar-refractivity contribution in [2.45, 2.75) is 31.6 Å². The molecular formula is C8H13BrN2. The summed E-state index contributed by atoms with van der Waals surface area (Å²) in [6, 6.07) is 0.493. The molecular weight excluding hydrogens is 204 g/mol. The van der Waals surface area contributed by atoms with Gasteiger partial charge in [0.05, 0.1) is 4.83 Å². The smallest absolute Gasteiger partial charge is 0.122 e. The lowest BCUT2D eigenvalue weighted by molar-refractivity contribution is 0.570. The fourth-order valence-corrected chi connectivity index (χ4v) is 1.42. The molecule has 0 aliphatic rings. The Kier molecular flexibility index (Phi) is 2.71. The third-order valence-corrected chi connectivity index (χ3v) is 2.02. The van der Waals surface area contributed by atoms with Crippen LogP contribution in [0.15, 0.2) is 12.4 Å². The maximum Gasteiger partial charge on any atom is 0.122 e. The van der Waals surface area contributed by atoms with Gasteiger partial charge in [0.15, 0.2) is 0 Å². The average molecular weight is 217 g/mol. The second-order valence-electron chi connectivity index (χ2n) is 2.90. The SMILES string of the molecule is CC(C)n1ccnc1[C@H](C)Br. The third-order valence-electron chi connectivity index (χ3n) is 1.61. The van der Waals surface area contributed by atoms with Crippen molar-refractivity contribution in [2.24, 2.45) is 0 Å². The first-order valence-electron chi connectivity index (χ1n) is 3.79. The minimum absolute atomic E-state index is 0.333. The number of rotatable bonds is 2. The third kappa shape index (κ3) is 1.83. The second-order valence-corrected chi connectivity index (χ2v) is 4.28. The standard InChI is InChI=1S/C8H13BrN2/c1-6(2)11-5-4-10-8(11)7(3)9/h4-7H,1-3H3/t7-/m0/s1. The van der Waals surface area contributed by atoms with Gasteiger partial charge in [0.25, 0.3) is 0 Å². The molecule has 0 unspecified atom stereocenters. The van der Waals surface area contributed by atoms with Crippen molar-refractivity contribution in [2.75, 3.05) is 0 Å². The van der Waals surface area contributed by atoms with Crippen LogP contribution in [0.5, 0.6) is 0 Å². The Bertz CT molecular complexity index is 205. The normalized spacial score (nSPS) is 13.9. The summed E-state index contributed by atoms with van der Waals surface area (Å²) in [5.41, 5.74) is 0. The molecule has 0 bridgehead atoms. The largest absolute Gasteiger partial charge is 0.332 e. The molecule has 0 N–H and O–H groups in total. The molecule has 2 nitrogen and oxygen atoms in total. The average Bonchev–Trinajstić information content (AvgIpc) is 2.32. The van der Waals surface area contributed by atoms with Gasteiger partial charge in [-0.05, 0) is 20.8 Å². The van der Waals surface area contributed by atoms with E-state index in [9.17, 15) is 0 Å². The van der Waals surface area contributed by atoms with E-state index in [2.05, 4.69) is 46.3 Å². The molecule has 1 heterocycles. The number of halogens is 1. The van der Waals surface area contributed by atoms with E-state index in [1.54, 1.807) is 0 Å². The van der Waals surface area contributed by atoms with Crippen molar-refractivity contribution in [3.63, 3.8) is 0 Å². The molecule has 11 heavy (non-hydrogen) atoms. The van der Waals surface area contributed by atoms with Gasteiger partial charge in [-0.1, -0.05) is 15.9 Å². The first-order valence-corrected chi connectivity index (χ1v) is 4.71. The molecule has 0 spiro atoms. The summed E-state index contributed by atoms with van der Waals surface area (Å²) in [5, 5.41) is 0. The molecule has 1 rings (SSSR count). The zero-order valence-corrected chi connectivity index (χ0v) is 8.67. The van der Waals surface area contributed by atoms with Crippen LogP contribution in [0.1, 0.15) is 37.5 Å². The highest BCUT2D eigenvalue weighted by Gasteiger charge is 2.09. The molecule has 62 valence electrons. The highest BCUT2D eigenvalue weighted by molar-refractivity contribution is 9.09. The van der Waals surface area contributed by atoms with E-state index >= 15 is 0 Å². The van der Waals surface area contributed by atoms with Gasteiger partial charge in [-0.15, -0.1) is 0 Å². The maximum atomic E-state index is 4.25. The van der Waals surface area contributed by atoms with Crippen LogP contribution >= 0.6 is 15.9 Å². The summed E-state index contributed by atoms with van der Waals surface area (Å²) in [6.45, 7) is 6.39. The van der Waals surface area contributed by atoms with Gasteiger partial charge in [-0.25, -0.2) is 4.98 Å². The van der Waals surface area contributed by atoms with Crippen LogP contribution in [0, 0.1) is 0 Å². The predicted octanol–water partition coefficient (Wildman–Crippen LogP) is 2.92. The summed E-state index contributed by atoms with van der Waals surface area (Å²) in [6.07, 6.45) is 3.85. The fourth-order valence-electron chi connectivity index (χ4n) is 1.07. The Morgan fingerprint density at radius 3 is 2.45 bits per heavy atom. The van der Waals surface area contributed by atoms with Crippen LogP contribution in [0.4, 0.5) is 0 Å². The van der Waals surface area contributed by atoms with Crippen molar-refractivity contribution in [1.29, 1.82) is 0 Å². The quantitative estimate of drug-likeness (QED) is 0.696. The first-order chi connectivity index (χ1) is 5.13. The summed E-state index contributed by atoms with van der Waals surface area (Å²) in [4.78, 5) is 4.59. The highest BCUT2D eigenvalue weighted by atomic mass is 79.9. The topological polar surface area (TPSA) is 17.8 Å². The van der Waals surface area contributed by atoms with Gasteiger partial charge in [0.2, 0.25) is 0 Å². The van der Waals surface area contributed by atoms with Crippen LogP contribution in [0.25, 0.3) is 0 Å². The van der Waals surface area contributed by atoms with Crippen molar-refractivity contribution >= 4 is 15.9 Å². The van der Waals surface area contributed by atoms with Crippen molar-refractivity contribution in [1.82, 2.24) is 9.55 Å². The molecule has 0 amide bonds. The maximum absolute atomic E-state index is 4.25. The summed E-state index contributed by atoms with van der Waals surface area (Å²) >= 11 is 3.50. The van der Waals surface area contributed by atoms with Gasteiger partial charge in [-0.3, -0.25) is 0 Å². The van der Waals surface area contributed by atoms with Gasteiger partial charge < -0.3 is 4.57 Å². The van der Waals surface area contributed by atoms with Crippen molar-refractivity contribution < 1.29 is 0 Å². The molecule has 3 heteroatoms. The van der Waals surface area contributed by atoms with E-state index in [-0.39, 0.29) is 0 Å². The summed E-state index contributed by atoms with van der Waals surface area (Å²) in [5.74, 6) is 1.10. The van der Waals surface area contributed by atoms with Crippen LogP contribution in [-0.2, 0) is 0 Å². The van der Waals surface area contributed by atoms with Crippen molar-refractivity contribution in [3.05, 3.63) is 18.2 Å². The molecule has 0 saturated carbocycles. The van der Waals surface area contributed by atoms with E-state index in [1.807, 2.05) is 12.4 Å². The summed E-state index contributed by atoms with van der Waals surface area (Å²) in [7, 11) is 0. The number of nitrogens with zero attached hydrogens (tertiary/aromatic N) is 2. The Morgan fingerprint density at radius 2 is 2.09 bits per heavy atom. The molecule has 0 saturated heterocycles. The molecule has 0 aliphatic carbocycles. The molecule has 1 aromatic rings. The van der Waals surface area contributed by atoms with E-state index in [1.165, 1.54) is 0 Å². The Morgan fingerprint density at radius 1 is 1.45 bits per heavy atom. The number of aromatic nitrogens is 2. The zero-order valence-electron chi connectivity index (χ0n) is 7.08. The van der Waals surface area contributed by atoms with E-state index in [0.29, 0.717) is 10.9 Å². The fraction of sp³-hybridized carbons (Fsp3) is 0.625. The summed E-state index contributed by atoms with van der Waals surface area (Å²) < 4.78 is 2.17. The Balaban J connectivity index is 2.96. The molecule has 0 radical (unpaired) electrons. The van der Waals surface area contributed by atoms with E-state index < -0.39 is 0 Å². The lowest BCUT2D eigenvalue weighted by Gasteiger charge is -2.12. The van der Waals surface area contributed by atoms with E-state index in [0.717, 1.165) is 5.82 Å². The number of imidazole rings is 1. The molecule has 1 atom stereocenters. The number of hydrogen-bond donors (Lipinski definition) is 0. The molecule has 1 aromatic heterocycles. The van der Waals surface area contributed by atoms with Crippen LogP contribution in [0.2, 0.25) is 0 Å². The molecule has 0 aliphatic heterocycles. The zero-order chi connectivity index (χ0) is 8.43. The molecule has 0 aromatic carbocycles. The van der Waals surface area contributed by atoms with Gasteiger partial charge in [0.1, 0.15) is 5.82 Å². The Labute approximate surface area is 75.8 Å². The van der Waals surface area contributed by atoms with Crippen LogP contribution < -0.4 is 0 Å². The second kappa shape index (κ2) is 3.39. The highest BCUT2D eigenvalue weighted by Crippen LogP contribution is 2.21. The van der Waals surface area contributed by atoms with E-state index in [4.69, 9.17) is 0 Å². The van der Waals surface area contributed by atoms with Crippen molar-refractivity contribution in [3.8, 4) is 0 Å². The van der Waals surface area contributed by atoms with Gasteiger partial charge >= 0.3 is 0 Å².